The Morgan fingerprint density at radius 2 is 2.00 bits per heavy atom. The fourth-order valence-corrected chi connectivity index (χ4v) is 2.52. The number of para-hydroxylation sites is 2. The number of hydrogen-bond acceptors (Lipinski definition) is 3. The van der Waals surface area contributed by atoms with Crippen molar-refractivity contribution in [3.8, 4) is 0 Å². The van der Waals surface area contributed by atoms with Gasteiger partial charge in [-0.05, 0) is 31.2 Å². The van der Waals surface area contributed by atoms with Crippen molar-refractivity contribution in [2.75, 3.05) is 26.0 Å². The quantitative estimate of drug-likeness (QED) is 0.728. The summed E-state index contributed by atoms with van der Waals surface area (Å²) in [4.78, 5) is 6.14. The predicted octanol–water partition coefficient (Wildman–Crippen LogP) is 1.69. The van der Waals surface area contributed by atoms with Crippen LogP contribution >= 0.6 is 0 Å². The molecule has 0 atom stereocenters. The second kappa shape index (κ2) is 6.23. The molecule has 0 fully saturated rings. The van der Waals surface area contributed by atoms with Gasteiger partial charge in [0.15, 0.2) is 0 Å². The first kappa shape index (κ1) is 14.7. The van der Waals surface area contributed by atoms with Gasteiger partial charge in [-0.25, -0.2) is 4.98 Å². The van der Waals surface area contributed by atoms with Crippen LogP contribution in [0.5, 0.6) is 0 Å². The average molecular weight is 299 g/mol. The van der Waals surface area contributed by atoms with E-state index < -0.39 is 0 Å². The zero-order chi connectivity index (χ0) is 15.5. The van der Waals surface area contributed by atoms with E-state index in [1.165, 1.54) is 10.4 Å². The van der Waals surface area contributed by atoms with E-state index in [-0.39, 0.29) is 0 Å². The van der Waals surface area contributed by atoms with Gasteiger partial charge in [-0.15, -0.1) is 0 Å². The topological polar surface area (TPSA) is 47.4 Å². The summed E-state index contributed by atoms with van der Waals surface area (Å²) in [5, 5.41) is 3.40. The molecule has 3 aromatic rings. The number of hydrogen-bond donors (Lipinski definition) is 2. The fourth-order valence-electron chi connectivity index (χ4n) is 2.52. The van der Waals surface area contributed by atoms with Gasteiger partial charge in [-0.1, -0.05) is 12.1 Å². The molecule has 0 saturated heterocycles. The number of fused-ring (bicyclic) bond motifs is 1. The van der Waals surface area contributed by atoms with Crippen molar-refractivity contribution in [3.05, 3.63) is 47.9 Å². The molecule has 3 rings (SSSR count). The van der Waals surface area contributed by atoms with Crippen molar-refractivity contribution in [1.29, 1.82) is 0 Å². The van der Waals surface area contributed by atoms with Crippen LogP contribution in [-0.4, -0.2) is 30.2 Å². The van der Waals surface area contributed by atoms with Gasteiger partial charge in [-0.3, -0.25) is 0 Å². The van der Waals surface area contributed by atoms with Crippen LogP contribution in [0.4, 0.5) is 5.95 Å². The molecule has 5 nitrogen and oxygen atoms in total. The maximum atomic E-state index is 5.61. The molecule has 22 heavy (non-hydrogen) atoms. The minimum atomic E-state index is 0.645. The summed E-state index contributed by atoms with van der Waals surface area (Å²) in [5.74, 6) is 2.76. The molecule has 2 N–H and O–H groups in total. The van der Waals surface area contributed by atoms with Gasteiger partial charge in [-0.2, -0.15) is 0 Å². The van der Waals surface area contributed by atoms with Gasteiger partial charge >= 0.3 is 0 Å². The lowest BCUT2D eigenvalue weighted by atomic mass is 10.3. The number of anilines is 1. The van der Waals surface area contributed by atoms with Crippen molar-refractivity contribution in [2.45, 2.75) is 20.0 Å². The van der Waals surface area contributed by atoms with Crippen molar-refractivity contribution < 1.29 is 9.32 Å². The SMILES string of the molecule is Cc1ccc(CNc2nc3ccccc3n2CC[NH+](C)C)o1. The van der Waals surface area contributed by atoms with Gasteiger partial charge in [0.2, 0.25) is 5.95 Å². The van der Waals surface area contributed by atoms with Crippen LogP contribution in [0, 0.1) is 6.92 Å². The van der Waals surface area contributed by atoms with Crippen LogP contribution in [0.25, 0.3) is 11.0 Å². The lowest BCUT2D eigenvalue weighted by Crippen LogP contribution is -3.06. The van der Waals surface area contributed by atoms with E-state index in [1.54, 1.807) is 0 Å². The third kappa shape index (κ3) is 3.14. The summed E-state index contributed by atoms with van der Waals surface area (Å²) in [6, 6.07) is 12.2. The largest absolute Gasteiger partial charge is 0.465 e. The van der Waals surface area contributed by atoms with Crippen molar-refractivity contribution >= 4 is 17.0 Å². The van der Waals surface area contributed by atoms with E-state index in [4.69, 9.17) is 9.40 Å². The molecule has 0 bridgehead atoms. The molecule has 0 aliphatic rings. The highest BCUT2D eigenvalue weighted by Crippen LogP contribution is 2.20. The van der Waals surface area contributed by atoms with Crippen LogP contribution in [0.15, 0.2) is 40.8 Å². The zero-order valence-electron chi connectivity index (χ0n) is 13.4. The molecular weight excluding hydrogens is 276 g/mol. The highest BCUT2D eigenvalue weighted by Gasteiger charge is 2.11. The van der Waals surface area contributed by atoms with E-state index >= 15 is 0 Å². The van der Waals surface area contributed by atoms with Crippen molar-refractivity contribution in [2.24, 2.45) is 0 Å². The number of aryl methyl sites for hydroxylation is 1. The third-order valence-electron chi connectivity index (χ3n) is 3.71. The molecule has 0 unspecified atom stereocenters. The molecule has 1 aromatic carbocycles. The zero-order valence-corrected chi connectivity index (χ0v) is 13.4. The number of likely N-dealkylation sites (N-methyl/N-ethyl adjacent to an activating group) is 1. The monoisotopic (exact) mass is 299 g/mol. The molecule has 0 radical (unpaired) electrons. The first-order chi connectivity index (χ1) is 10.6. The number of nitrogens with zero attached hydrogens (tertiary/aromatic N) is 2. The summed E-state index contributed by atoms with van der Waals surface area (Å²) >= 11 is 0. The van der Waals surface area contributed by atoms with Crippen LogP contribution in [0.2, 0.25) is 0 Å². The summed E-state index contributed by atoms with van der Waals surface area (Å²) in [6.45, 7) is 4.59. The second-order valence-corrected chi connectivity index (χ2v) is 5.90. The molecule has 0 aliphatic carbocycles. The molecule has 116 valence electrons. The Bertz CT molecular complexity index is 757. The van der Waals surface area contributed by atoms with Gasteiger partial charge in [0.1, 0.15) is 11.5 Å². The average Bonchev–Trinajstić information content (AvgIpc) is 3.06. The van der Waals surface area contributed by atoms with Gasteiger partial charge in [0.25, 0.3) is 0 Å². The lowest BCUT2D eigenvalue weighted by molar-refractivity contribution is -0.858. The standard InChI is InChI=1S/C17H22N4O/c1-13-8-9-14(22-13)12-18-17-19-15-6-4-5-7-16(15)21(17)11-10-20(2)3/h4-9H,10-12H2,1-3H3,(H,18,19)/p+1. The molecule has 0 saturated carbocycles. The maximum Gasteiger partial charge on any atom is 0.204 e. The van der Waals surface area contributed by atoms with Crippen LogP contribution in [-0.2, 0) is 13.1 Å². The van der Waals surface area contributed by atoms with Crippen LogP contribution < -0.4 is 10.2 Å². The number of rotatable bonds is 6. The number of furan rings is 1. The van der Waals surface area contributed by atoms with Crippen LogP contribution in [0.1, 0.15) is 11.5 Å². The molecule has 0 spiro atoms. The number of benzene rings is 1. The van der Waals surface area contributed by atoms with Gasteiger partial charge in [0, 0.05) is 0 Å². The number of nitrogens with one attached hydrogen (secondary N) is 2. The van der Waals surface area contributed by atoms with Gasteiger partial charge in [0.05, 0.1) is 44.8 Å². The Morgan fingerprint density at radius 3 is 2.73 bits per heavy atom. The fraction of sp³-hybridized carbons (Fsp3) is 0.353. The first-order valence-electron chi connectivity index (χ1n) is 7.67. The lowest BCUT2D eigenvalue weighted by Gasteiger charge is -2.12. The minimum Gasteiger partial charge on any atom is -0.465 e. The maximum absolute atomic E-state index is 5.61. The normalized spacial score (nSPS) is 11.5. The number of quaternary nitrogens is 1. The third-order valence-corrected chi connectivity index (χ3v) is 3.71. The second-order valence-electron chi connectivity index (χ2n) is 5.90. The summed E-state index contributed by atoms with van der Waals surface area (Å²) in [5.41, 5.74) is 2.19. The first-order valence-corrected chi connectivity index (χ1v) is 7.67. The summed E-state index contributed by atoms with van der Waals surface area (Å²) < 4.78 is 7.86. The minimum absolute atomic E-state index is 0.645. The smallest absolute Gasteiger partial charge is 0.204 e. The Balaban J connectivity index is 1.84. The molecule has 2 heterocycles. The Morgan fingerprint density at radius 1 is 1.18 bits per heavy atom. The van der Waals surface area contributed by atoms with Crippen molar-refractivity contribution in [3.63, 3.8) is 0 Å². The van der Waals surface area contributed by atoms with E-state index in [9.17, 15) is 0 Å². The Kier molecular flexibility index (Phi) is 4.15. The summed E-state index contributed by atoms with van der Waals surface area (Å²) in [6.07, 6.45) is 0. The number of imidazole rings is 1. The van der Waals surface area contributed by atoms with Crippen molar-refractivity contribution in [1.82, 2.24) is 9.55 Å². The predicted molar refractivity (Wildman–Crippen MR) is 88.2 cm³/mol. The van der Waals surface area contributed by atoms with E-state index in [1.807, 2.05) is 25.1 Å². The van der Waals surface area contributed by atoms with Crippen LogP contribution in [0.3, 0.4) is 0 Å². The highest BCUT2D eigenvalue weighted by molar-refractivity contribution is 5.78. The van der Waals surface area contributed by atoms with E-state index in [2.05, 4.69) is 42.2 Å². The molecule has 2 aromatic heterocycles. The van der Waals surface area contributed by atoms with E-state index in [0.29, 0.717) is 6.54 Å². The molecule has 5 heteroatoms. The van der Waals surface area contributed by atoms with E-state index in [0.717, 1.165) is 36.1 Å². The molecule has 0 aliphatic heterocycles. The highest BCUT2D eigenvalue weighted by atomic mass is 16.3. The molecular formula is C17H23N4O+. The Labute approximate surface area is 130 Å². The Hall–Kier alpha value is -2.27. The summed E-state index contributed by atoms with van der Waals surface area (Å²) in [7, 11) is 4.33. The number of aromatic nitrogens is 2. The van der Waals surface area contributed by atoms with Gasteiger partial charge < -0.3 is 19.2 Å². The molecule has 0 amide bonds.